The van der Waals surface area contributed by atoms with Crippen LogP contribution in [0.1, 0.15) is 6.92 Å². The second kappa shape index (κ2) is 3.15. The average Bonchev–Trinajstić information content (AvgIpc) is 2.65. The van der Waals surface area contributed by atoms with E-state index in [9.17, 15) is 0 Å². The molecule has 1 heterocycles. The van der Waals surface area contributed by atoms with Gasteiger partial charge in [0.25, 0.3) is 0 Å². The van der Waals surface area contributed by atoms with Crippen molar-refractivity contribution in [3.8, 4) is 0 Å². The largest absolute Gasteiger partial charge is 0.394 e. The van der Waals surface area contributed by atoms with E-state index >= 15 is 0 Å². The van der Waals surface area contributed by atoms with E-state index in [1.165, 1.54) is 0 Å². The van der Waals surface area contributed by atoms with Crippen LogP contribution in [0.5, 0.6) is 0 Å². The third kappa shape index (κ3) is 2.79. The van der Waals surface area contributed by atoms with Crippen LogP contribution in [0.25, 0.3) is 0 Å². The molecule has 1 aliphatic heterocycles. The van der Waals surface area contributed by atoms with E-state index in [1.807, 2.05) is 6.92 Å². The Balaban J connectivity index is 1.90. The fraction of sp³-hybridized carbons (Fsp3) is 1.00. The molecule has 0 amide bonds. The van der Waals surface area contributed by atoms with Crippen LogP contribution in [-0.2, 0) is 9.47 Å². The summed E-state index contributed by atoms with van der Waals surface area (Å²) in [6, 6.07) is 0. The molecule has 0 spiro atoms. The topological polar surface area (TPSA) is 42.0 Å². The average molecular weight is 132 g/mol. The molecule has 2 atom stereocenters. The van der Waals surface area contributed by atoms with Crippen molar-refractivity contribution in [2.45, 2.75) is 19.1 Å². The van der Waals surface area contributed by atoms with E-state index in [0.29, 0.717) is 12.7 Å². The van der Waals surface area contributed by atoms with Crippen LogP contribution in [0.3, 0.4) is 0 Å². The van der Waals surface area contributed by atoms with Gasteiger partial charge in [-0.2, -0.15) is 0 Å². The van der Waals surface area contributed by atoms with Crippen LogP contribution in [0.4, 0.5) is 0 Å². The molecule has 0 aromatic carbocycles. The molecule has 1 saturated heterocycles. The molecular weight excluding hydrogens is 120 g/mol. The number of hydrogen-bond acceptors (Lipinski definition) is 3. The van der Waals surface area contributed by atoms with Crippen LogP contribution in [0, 0.1) is 0 Å². The van der Waals surface area contributed by atoms with Gasteiger partial charge < -0.3 is 14.6 Å². The van der Waals surface area contributed by atoms with Crippen LogP contribution < -0.4 is 0 Å². The summed E-state index contributed by atoms with van der Waals surface area (Å²) in [5.41, 5.74) is 0. The molecule has 0 bridgehead atoms. The van der Waals surface area contributed by atoms with Crippen LogP contribution in [0.15, 0.2) is 0 Å². The van der Waals surface area contributed by atoms with Crippen molar-refractivity contribution in [1.29, 1.82) is 0 Å². The third-order valence-corrected chi connectivity index (χ3v) is 1.23. The SMILES string of the molecule is CC(CO)OC[C@H]1CO1. The molecule has 0 aromatic heterocycles. The molecular formula is C6H12O3. The number of ether oxygens (including phenoxy) is 2. The normalized spacial score (nSPS) is 28.0. The van der Waals surface area contributed by atoms with Crippen LogP contribution in [-0.4, -0.2) is 37.1 Å². The van der Waals surface area contributed by atoms with E-state index in [2.05, 4.69) is 0 Å². The Kier molecular flexibility index (Phi) is 2.45. The van der Waals surface area contributed by atoms with Crippen molar-refractivity contribution >= 4 is 0 Å². The number of epoxide rings is 1. The Morgan fingerprint density at radius 1 is 1.89 bits per heavy atom. The summed E-state index contributed by atoms with van der Waals surface area (Å²) < 4.78 is 10.0. The minimum absolute atomic E-state index is 0.0470. The Morgan fingerprint density at radius 3 is 3.00 bits per heavy atom. The predicted octanol–water partition coefficient (Wildman–Crippen LogP) is -0.217. The van der Waals surface area contributed by atoms with E-state index < -0.39 is 0 Å². The molecule has 1 rings (SSSR count). The second-order valence-electron chi connectivity index (χ2n) is 2.28. The monoisotopic (exact) mass is 132 g/mol. The van der Waals surface area contributed by atoms with Crippen LogP contribution in [0.2, 0.25) is 0 Å². The first-order valence-electron chi connectivity index (χ1n) is 3.17. The summed E-state index contributed by atoms with van der Waals surface area (Å²) in [5.74, 6) is 0. The van der Waals surface area contributed by atoms with Crippen molar-refractivity contribution in [3.05, 3.63) is 0 Å². The van der Waals surface area contributed by atoms with Gasteiger partial charge in [-0.05, 0) is 6.92 Å². The zero-order valence-electron chi connectivity index (χ0n) is 5.54. The lowest BCUT2D eigenvalue weighted by molar-refractivity contribution is 0.0174. The number of aliphatic hydroxyl groups is 1. The molecule has 54 valence electrons. The smallest absolute Gasteiger partial charge is 0.104 e. The highest BCUT2D eigenvalue weighted by Gasteiger charge is 2.22. The van der Waals surface area contributed by atoms with Crippen molar-refractivity contribution in [3.63, 3.8) is 0 Å². The highest BCUT2D eigenvalue weighted by atomic mass is 16.6. The Morgan fingerprint density at radius 2 is 2.56 bits per heavy atom. The molecule has 9 heavy (non-hydrogen) atoms. The van der Waals surface area contributed by atoms with Crippen LogP contribution >= 0.6 is 0 Å². The quantitative estimate of drug-likeness (QED) is 0.538. The lowest BCUT2D eigenvalue weighted by Gasteiger charge is -2.06. The molecule has 1 aliphatic rings. The molecule has 0 aromatic rings. The number of rotatable bonds is 4. The highest BCUT2D eigenvalue weighted by molar-refractivity contribution is 4.67. The van der Waals surface area contributed by atoms with E-state index in [1.54, 1.807) is 0 Å². The van der Waals surface area contributed by atoms with Crippen molar-refractivity contribution in [1.82, 2.24) is 0 Å². The predicted molar refractivity (Wildman–Crippen MR) is 32.2 cm³/mol. The van der Waals surface area contributed by atoms with Crippen molar-refractivity contribution < 1.29 is 14.6 Å². The van der Waals surface area contributed by atoms with Gasteiger partial charge in [-0.25, -0.2) is 0 Å². The molecule has 3 heteroatoms. The molecule has 0 radical (unpaired) electrons. The van der Waals surface area contributed by atoms with Crippen molar-refractivity contribution in [2.75, 3.05) is 19.8 Å². The summed E-state index contributed by atoms with van der Waals surface area (Å²) in [6.45, 7) is 3.37. The summed E-state index contributed by atoms with van der Waals surface area (Å²) in [6.07, 6.45) is 0.258. The molecule has 1 fully saturated rings. The van der Waals surface area contributed by atoms with Gasteiger partial charge in [0.15, 0.2) is 0 Å². The lowest BCUT2D eigenvalue weighted by atomic mass is 10.4. The number of aliphatic hydroxyl groups excluding tert-OH is 1. The minimum atomic E-state index is -0.0470. The van der Waals surface area contributed by atoms with Gasteiger partial charge in [0.05, 0.1) is 25.9 Å². The third-order valence-electron chi connectivity index (χ3n) is 1.23. The maximum atomic E-state index is 8.50. The number of hydrogen-bond donors (Lipinski definition) is 1. The van der Waals surface area contributed by atoms with Gasteiger partial charge in [0.1, 0.15) is 6.10 Å². The Bertz CT molecular complexity index is 80.4. The Labute approximate surface area is 54.6 Å². The first-order chi connectivity index (χ1) is 4.33. The van der Waals surface area contributed by atoms with Gasteiger partial charge in [-0.15, -0.1) is 0 Å². The first kappa shape index (κ1) is 6.99. The first-order valence-corrected chi connectivity index (χ1v) is 3.17. The fourth-order valence-electron chi connectivity index (χ4n) is 0.489. The van der Waals surface area contributed by atoms with E-state index in [0.717, 1.165) is 6.61 Å². The van der Waals surface area contributed by atoms with Gasteiger partial charge in [0.2, 0.25) is 0 Å². The minimum Gasteiger partial charge on any atom is -0.394 e. The molecule has 3 nitrogen and oxygen atoms in total. The van der Waals surface area contributed by atoms with Crippen molar-refractivity contribution in [2.24, 2.45) is 0 Å². The lowest BCUT2D eigenvalue weighted by Crippen LogP contribution is -2.15. The maximum absolute atomic E-state index is 8.50. The fourth-order valence-corrected chi connectivity index (χ4v) is 0.489. The zero-order chi connectivity index (χ0) is 6.69. The zero-order valence-corrected chi connectivity index (χ0v) is 5.54. The van der Waals surface area contributed by atoms with Gasteiger partial charge in [-0.3, -0.25) is 0 Å². The molecule has 0 aliphatic carbocycles. The second-order valence-corrected chi connectivity index (χ2v) is 2.28. The summed E-state index contributed by atoms with van der Waals surface area (Å²) >= 11 is 0. The van der Waals surface area contributed by atoms with E-state index in [4.69, 9.17) is 14.6 Å². The van der Waals surface area contributed by atoms with E-state index in [-0.39, 0.29) is 12.7 Å². The Hall–Kier alpha value is -0.120. The van der Waals surface area contributed by atoms with Gasteiger partial charge in [0, 0.05) is 0 Å². The standard InChI is InChI=1S/C6H12O3/c1-5(2-7)8-3-6-4-9-6/h5-7H,2-4H2,1H3/t5?,6-/m0/s1. The molecule has 0 saturated carbocycles. The van der Waals surface area contributed by atoms with Gasteiger partial charge >= 0.3 is 0 Å². The summed E-state index contributed by atoms with van der Waals surface area (Å²) in [7, 11) is 0. The highest BCUT2D eigenvalue weighted by Crippen LogP contribution is 2.09. The summed E-state index contributed by atoms with van der Waals surface area (Å²) in [5, 5.41) is 8.50. The summed E-state index contributed by atoms with van der Waals surface area (Å²) in [4.78, 5) is 0. The molecule has 1 unspecified atom stereocenters. The molecule has 1 N–H and O–H groups in total. The van der Waals surface area contributed by atoms with Gasteiger partial charge in [-0.1, -0.05) is 0 Å². The maximum Gasteiger partial charge on any atom is 0.104 e.